The maximum Gasteiger partial charge on any atom is 0.262 e. The van der Waals surface area contributed by atoms with E-state index in [4.69, 9.17) is 9.97 Å². The van der Waals surface area contributed by atoms with Crippen molar-refractivity contribution < 1.29 is 4.79 Å². The number of aryl methyl sites for hydroxylation is 2. The van der Waals surface area contributed by atoms with Crippen molar-refractivity contribution in [2.75, 3.05) is 11.1 Å². The molecule has 3 heterocycles. The highest BCUT2D eigenvalue weighted by Crippen LogP contribution is 2.36. The molecule has 0 spiro atoms. The van der Waals surface area contributed by atoms with Crippen LogP contribution in [0.4, 0.5) is 5.69 Å². The molecule has 1 amide bonds. The average molecular weight is 615 g/mol. The molecule has 7 rings (SSSR count). The highest BCUT2D eigenvalue weighted by Gasteiger charge is 2.21. The van der Waals surface area contributed by atoms with E-state index >= 15 is 0 Å². The van der Waals surface area contributed by atoms with Crippen molar-refractivity contribution in [1.29, 1.82) is 0 Å². The van der Waals surface area contributed by atoms with Gasteiger partial charge in [0.05, 0.1) is 21.4 Å². The van der Waals surface area contributed by atoms with Gasteiger partial charge in [0, 0.05) is 23.4 Å². The van der Waals surface area contributed by atoms with Crippen molar-refractivity contribution in [3.8, 4) is 0 Å². The predicted octanol–water partition coefficient (Wildman–Crippen LogP) is 7.66. The summed E-state index contributed by atoms with van der Waals surface area (Å²) < 4.78 is 3.62. The van der Waals surface area contributed by atoms with Crippen molar-refractivity contribution in [2.24, 2.45) is 7.05 Å². The Morgan fingerprint density at radius 1 is 1.00 bits per heavy atom. The Labute approximate surface area is 253 Å². The third kappa shape index (κ3) is 5.30. The van der Waals surface area contributed by atoms with Crippen molar-refractivity contribution >= 4 is 89.0 Å². The van der Waals surface area contributed by atoms with Crippen LogP contribution in [0.25, 0.3) is 31.2 Å². The first kappa shape index (κ1) is 26.7. The first-order valence-electron chi connectivity index (χ1n) is 13.5. The van der Waals surface area contributed by atoms with E-state index in [9.17, 15) is 9.59 Å². The predicted molar refractivity (Wildman–Crippen MR) is 174 cm³/mol. The van der Waals surface area contributed by atoms with Gasteiger partial charge in [-0.2, -0.15) is 0 Å². The fourth-order valence-corrected chi connectivity index (χ4v) is 9.51. The summed E-state index contributed by atoms with van der Waals surface area (Å²) >= 11 is 6.30. The fourth-order valence-electron chi connectivity index (χ4n) is 5.32. The van der Waals surface area contributed by atoms with E-state index in [0.29, 0.717) is 5.16 Å². The zero-order chi connectivity index (χ0) is 27.9. The maximum atomic E-state index is 13.1. The molecule has 0 saturated carbocycles. The van der Waals surface area contributed by atoms with Gasteiger partial charge in [-0.15, -0.1) is 22.7 Å². The Hall–Kier alpha value is -3.18. The first-order chi connectivity index (χ1) is 20.0. The zero-order valence-electron chi connectivity index (χ0n) is 22.3. The number of hydrogen-bond acceptors (Lipinski definition) is 8. The molecule has 0 atom stereocenters. The van der Waals surface area contributed by atoms with Crippen molar-refractivity contribution in [1.82, 2.24) is 14.5 Å². The molecule has 0 saturated heterocycles. The summed E-state index contributed by atoms with van der Waals surface area (Å²) in [7, 11) is 1.75. The second-order valence-corrected chi connectivity index (χ2v) is 14.4. The Bertz CT molecular complexity index is 2000. The quantitative estimate of drug-likeness (QED) is 0.147. The molecule has 41 heavy (non-hydrogen) atoms. The molecule has 0 fully saturated rings. The Kier molecular flexibility index (Phi) is 7.32. The third-order valence-electron chi connectivity index (χ3n) is 7.37. The molecule has 1 N–H and O–H groups in total. The summed E-state index contributed by atoms with van der Waals surface area (Å²) in [4.78, 5) is 37.7. The third-order valence-corrected chi connectivity index (χ3v) is 11.8. The minimum atomic E-state index is -0.135. The van der Waals surface area contributed by atoms with Crippen LogP contribution in [-0.2, 0) is 30.4 Å². The normalized spacial score (nSPS) is 13.2. The number of hydrogen-bond donors (Lipinski definition) is 1. The lowest BCUT2D eigenvalue weighted by Crippen LogP contribution is -2.21. The fraction of sp³-hybridized carbons (Fsp3) is 0.226. The van der Waals surface area contributed by atoms with Gasteiger partial charge in [-0.3, -0.25) is 14.2 Å². The lowest BCUT2D eigenvalue weighted by molar-refractivity contribution is -0.113. The lowest BCUT2D eigenvalue weighted by atomic mass is 9.97. The van der Waals surface area contributed by atoms with Gasteiger partial charge in [0.2, 0.25) is 5.91 Å². The minimum absolute atomic E-state index is 0.0120. The van der Waals surface area contributed by atoms with E-state index in [1.54, 1.807) is 46.1 Å². The molecule has 1 aliphatic carbocycles. The number of nitrogens with one attached hydrogen (secondary N) is 1. The maximum absolute atomic E-state index is 13.1. The summed E-state index contributed by atoms with van der Waals surface area (Å²) in [6, 6.07) is 20.7. The summed E-state index contributed by atoms with van der Waals surface area (Å²) in [6.45, 7) is 0. The first-order valence-corrected chi connectivity index (χ1v) is 17.1. The molecule has 0 bridgehead atoms. The highest BCUT2D eigenvalue weighted by molar-refractivity contribution is 8.00. The van der Waals surface area contributed by atoms with Crippen LogP contribution in [0.3, 0.4) is 0 Å². The van der Waals surface area contributed by atoms with E-state index in [0.717, 1.165) is 55.5 Å². The summed E-state index contributed by atoms with van der Waals surface area (Å²) in [5.41, 5.74) is 4.13. The van der Waals surface area contributed by atoms with Crippen LogP contribution in [-0.4, -0.2) is 26.2 Å². The molecule has 0 unspecified atom stereocenters. The molecule has 0 aliphatic heterocycles. The molecule has 6 aromatic rings. The van der Waals surface area contributed by atoms with Gasteiger partial charge >= 0.3 is 0 Å². The molecule has 3 aromatic carbocycles. The topological polar surface area (TPSA) is 76.9 Å². The lowest BCUT2D eigenvalue weighted by Gasteiger charge is -2.11. The number of amides is 1. The molecule has 1 aliphatic rings. The van der Waals surface area contributed by atoms with Crippen molar-refractivity contribution in [2.45, 2.75) is 40.9 Å². The Balaban J connectivity index is 1.02. The second kappa shape index (κ2) is 11.2. The number of rotatable bonds is 7. The van der Waals surface area contributed by atoms with Crippen LogP contribution in [0.5, 0.6) is 0 Å². The highest BCUT2D eigenvalue weighted by atomic mass is 32.2. The van der Waals surface area contributed by atoms with Crippen molar-refractivity contribution in [3.05, 3.63) is 87.0 Å². The van der Waals surface area contributed by atoms with Gasteiger partial charge in [0.1, 0.15) is 4.83 Å². The summed E-state index contributed by atoms with van der Waals surface area (Å²) in [5, 5.41) is 6.87. The Morgan fingerprint density at radius 2 is 1.85 bits per heavy atom. The van der Waals surface area contributed by atoms with Gasteiger partial charge in [-0.25, -0.2) is 9.97 Å². The van der Waals surface area contributed by atoms with Crippen LogP contribution in [0.1, 0.15) is 28.8 Å². The van der Waals surface area contributed by atoms with E-state index in [2.05, 4.69) is 47.8 Å². The molecule has 0 radical (unpaired) electrons. The molecule has 206 valence electrons. The van der Waals surface area contributed by atoms with E-state index in [-0.39, 0.29) is 17.2 Å². The van der Waals surface area contributed by atoms with Crippen molar-refractivity contribution in [3.63, 3.8) is 0 Å². The van der Waals surface area contributed by atoms with Gasteiger partial charge in [0.15, 0.2) is 9.50 Å². The number of thiazole rings is 1. The van der Waals surface area contributed by atoms with Gasteiger partial charge < -0.3 is 5.32 Å². The minimum Gasteiger partial charge on any atom is -0.325 e. The van der Waals surface area contributed by atoms with Crippen LogP contribution in [0.15, 0.2) is 75.0 Å². The van der Waals surface area contributed by atoms with E-state index < -0.39 is 0 Å². The largest absolute Gasteiger partial charge is 0.325 e. The van der Waals surface area contributed by atoms with Gasteiger partial charge in [-0.1, -0.05) is 66.0 Å². The second-order valence-electron chi connectivity index (χ2n) is 10.1. The van der Waals surface area contributed by atoms with E-state index in [1.165, 1.54) is 45.0 Å². The molecule has 3 aromatic heterocycles. The van der Waals surface area contributed by atoms with Crippen LogP contribution >= 0.6 is 46.2 Å². The monoisotopic (exact) mass is 614 g/mol. The number of benzene rings is 3. The average Bonchev–Trinajstić information content (AvgIpc) is 3.57. The van der Waals surface area contributed by atoms with Gasteiger partial charge in [-0.05, 0) is 65.8 Å². The van der Waals surface area contributed by atoms with Crippen LogP contribution in [0, 0.1) is 0 Å². The van der Waals surface area contributed by atoms with Gasteiger partial charge in [0.25, 0.3) is 5.56 Å². The standard InChI is InChI=1S/C31H26N4O2S4/c1-35-29(37)27-22-11-4-5-12-24(22)40-28(27)34-30(35)38-17-26(36)32-20-13-14-23-25(15-20)41-31(33-23)39-16-19-9-6-8-18-7-2-3-10-21(18)19/h2-3,6-10,13-15H,4-5,11-12,16-17H2,1H3,(H,32,36). The molecule has 10 heteroatoms. The molecular weight excluding hydrogens is 589 g/mol. The molecule has 6 nitrogen and oxygen atoms in total. The molecular formula is C31H26N4O2S4. The Morgan fingerprint density at radius 3 is 2.78 bits per heavy atom. The number of nitrogens with zero attached hydrogens (tertiary/aromatic N) is 3. The smallest absolute Gasteiger partial charge is 0.262 e. The number of anilines is 1. The van der Waals surface area contributed by atoms with Crippen LogP contribution < -0.4 is 10.9 Å². The zero-order valence-corrected chi connectivity index (χ0v) is 25.6. The number of aromatic nitrogens is 3. The summed E-state index contributed by atoms with van der Waals surface area (Å²) in [5.74, 6) is 0.881. The number of carbonyl (C=O) groups excluding carboxylic acids is 1. The van der Waals surface area contributed by atoms with E-state index in [1.807, 2.05) is 18.2 Å². The summed E-state index contributed by atoms with van der Waals surface area (Å²) in [6.07, 6.45) is 4.27. The number of thiophene rings is 1. The van der Waals surface area contributed by atoms with Crippen LogP contribution in [0.2, 0.25) is 0 Å². The number of fused-ring (bicyclic) bond motifs is 5. The SMILES string of the molecule is Cn1c(SCC(=O)Nc2ccc3nc(SCc4cccc5ccccc45)sc3c2)nc2sc3c(c2c1=O)CCCC3. The number of carbonyl (C=O) groups is 1. The number of thioether (sulfide) groups is 2.